The van der Waals surface area contributed by atoms with Gasteiger partial charge in [-0.15, -0.1) is 0 Å². The molecule has 0 aliphatic carbocycles. The van der Waals surface area contributed by atoms with E-state index in [0.717, 1.165) is 25.1 Å². The number of benzene rings is 1. The number of halogens is 1. The first kappa shape index (κ1) is 16.3. The Kier molecular flexibility index (Phi) is 4.60. The summed E-state index contributed by atoms with van der Waals surface area (Å²) in [5.74, 6) is -0.302. The Morgan fingerprint density at radius 1 is 1.43 bits per heavy atom. The van der Waals surface area contributed by atoms with Gasteiger partial charge in [0.2, 0.25) is 11.8 Å². The number of nitrogens with zero attached hydrogens (tertiary/aromatic N) is 2. The first-order valence-corrected chi connectivity index (χ1v) is 8.35. The van der Waals surface area contributed by atoms with Gasteiger partial charge in [0.05, 0.1) is 12.0 Å². The maximum Gasteiger partial charge on any atom is 0.228 e. The summed E-state index contributed by atoms with van der Waals surface area (Å²) in [6, 6.07) is 7.41. The average molecular weight is 336 g/mol. The standard InChI is InChI=1S/C17H22ClN3O2/c1-20(13-6-7-19-10-13)17(23)14-9-15(22)21(2)16(14)11-4-3-5-12(18)8-11/h3-5,8,13-14,16,19H,6-7,9-10H2,1-2H3/t13-,14+,16+/m0/s1. The minimum Gasteiger partial charge on any atom is -0.341 e. The molecule has 0 unspecified atom stereocenters. The van der Waals surface area contributed by atoms with Crippen LogP contribution in [-0.2, 0) is 9.59 Å². The lowest BCUT2D eigenvalue weighted by Crippen LogP contribution is -2.43. The molecule has 2 aliphatic rings. The largest absolute Gasteiger partial charge is 0.341 e. The Morgan fingerprint density at radius 3 is 2.87 bits per heavy atom. The number of hydrogen-bond acceptors (Lipinski definition) is 3. The molecule has 1 N–H and O–H groups in total. The van der Waals surface area contributed by atoms with E-state index in [4.69, 9.17) is 11.6 Å². The number of rotatable bonds is 3. The number of hydrogen-bond donors (Lipinski definition) is 1. The molecule has 3 rings (SSSR count). The smallest absolute Gasteiger partial charge is 0.228 e. The third-order valence-electron chi connectivity index (χ3n) is 5.02. The SMILES string of the molecule is CN(C(=O)[C@@H]1CC(=O)N(C)[C@@H]1c1cccc(Cl)c1)[C@H]1CCNC1. The van der Waals surface area contributed by atoms with Gasteiger partial charge in [-0.3, -0.25) is 9.59 Å². The Balaban J connectivity index is 1.86. The lowest BCUT2D eigenvalue weighted by molar-refractivity contribution is -0.137. The number of likely N-dealkylation sites (tertiary alicyclic amines) is 1. The molecule has 0 spiro atoms. The second kappa shape index (κ2) is 6.49. The molecule has 2 heterocycles. The van der Waals surface area contributed by atoms with Crippen LogP contribution in [0.15, 0.2) is 24.3 Å². The summed E-state index contributed by atoms with van der Waals surface area (Å²) < 4.78 is 0. The minimum absolute atomic E-state index is 0.00581. The van der Waals surface area contributed by atoms with Crippen molar-refractivity contribution in [2.24, 2.45) is 5.92 Å². The van der Waals surface area contributed by atoms with E-state index in [-0.39, 0.29) is 36.2 Å². The highest BCUT2D eigenvalue weighted by atomic mass is 35.5. The lowest BCUT2D eigenvalue weighted by Gasteiger charge is -2.30. The summed E-state index contributed by atoms with van der Waals surface area (Å²) in [7, 11) is 3.61. The van der Waals surface area contributed by atoms with Crippen molar-refractivity contribution in [3.05, 3.63) is 34.9 Å². The monoisotopic (exact) mass is 335 g/mol. The molecule has 1 aromatic rings. The van der Waals surface area contributed by atoms with E-state index in [2.05, 4.69) is 5.32 Å². The molecule has 0 aromatic heterocycles. The van der Waals surface area contributed by atoms with Crippen molar-refractivity contribution in [3.8, 4) is 0 Å². The van der Waals surface area contributed by atoms with Crippen LogP contribution >= 0.6 is 11.6 Å². The van der Waals surface area contributed by atoms with Gasteiger partial charge in [0.15, 0.2) is 0 Å². The topological polar surface area (TPSA) is 52.7 Å². The molecule has 1 aromatic carbocycles. The van der Waals surface area contributed by atoms with E-state index in [0.29, 0.717) is 5.02 Å². The fourth-order valence-corrected chi connectivity index (χ4v) is 3.85. The predicted octanol–water partition coefficient (Wildman–Crippen LogP) is 1.68. The Morgan fingerprint density at radius 2 is 2.22 bits per heavy atom. The molecular formula is C17H22ClN3O2. The third-order valence-corrected chi connectivity index (χ3v) is 5.26. The molecule has 0 saturated carbocycles. The van der Waals surface area contributed by atoms with Crippen LogP contribution in [0.5, 0.6) is 0 Å². The summed E-state index contributed by atoms with van der Waals surface area (Å²) in [6.45, 7) is 1.75. The van der Waals surface area contributed by atoms with Crippen molar-refractivity contribution in [2.75, 3.05) is 27.2 Å². The highest BCUT2D eigenvalue weighted by molar-refractivity contribution is 6.30. The molecule has 2 amide bonds. The van der Waals surface area contributed by atoms with Crippen molar-refractivity contribution in [3.63, 3.8) is 0 Å². The molecule has 23 heavy (non-hydrogen) atoms. The summed E-state index contributed by atoms with van der Waals surface area (Å²) >= 11 is 6.09. The fraction of sp³-hybridized carbons (Fsp3) is 0.529. The molecule has 2 aliphatic heterocycles. The van der Waals surface area contributed by atoms with E-state index in [1.54, 1.807) is 18.0 Å². The summed E-state index contributed by atoms with van der Waals surface area (Å²) in [5, 5.41) is 3.90. The first-order chi connectivity index (χ1) is 11.0. The van der Waals surface area contributed by atoms with Crippen molar-refractivity contribution in [2.45, 2.75) is 24.9 Å². The highest BCUT2D eigenvalue weighted by Gasteiger charge is 2.44. The zero-order chi connectivity index (χ0) is 16.6. The van der Waals surface area contributed by atoms with E-state index in [9.17, 15) is 9.59 Å². The number of nitrogens with one attached hydrogen (secondary N) is 1. The minimum atomic E-state index is -0.350. The highest BCUT2D eigenvalue weighted by Crippen LogP contribution is 2.39. The van der Waals surface area contributed by atoms with Gasteiger partial charge in [0, 0.05) is 38.1 Å². The van der Waals surface area contributed by atoms with Crippen LogP contribution in [0.3, 0.4) is 0 Å². The second-order valence-electron chi connectivity index (χ2n) is 6.41. The molecule has 0 bridgehead atoms. The third kappa shape index (κ3) is 3.08. The Hall–Kier alpha value is -1.59. The molecule has 3 atom stereocenters. The van der Waals surface area contributed by atoms with Crippen molar-refractivity contribution in [1.82, 2.24) is 15.1 Å². The molecule has 2 fully saturated rings. The summed E-state index contributed by atoms with van der Waals surface area (Å²) in [6.07, 6.45) is 1.22. The lowest BCUT2D eigenvalue weighted by atomic mass is 9.92. The summed E-state index contributed by atoms with van der Waals surface area (Å²) in [4.78, 5) is 28.7. The van der Waals surface area contributed by atoms with Gasteiger partial charge in [0.1, 0.15) is 0 Å². The normalized spacial score (nSPS) is 27.5. The van der Waals surface area contributed by atoms with E-state index in [1.165, 1.54) is 0 Å². The van der Waals surface area contributed by atoms with Gasteiger partial charge in [-0.2, -0.15) is 0 Å². The van der Waals surface area contributed by atoms with E-state index >= 15 is 0 Å². The van der Waals surface area contributed by atoms with E-state index < -0.39 is 0 Å². The van der Waals surface area contributed by atoms with Gasteiger partial charge in [0.25, 0.3) is 0 Å². The predicted molar refractivity (Wildman–Crippen MR) is 89.1 cm³/mol. The number of amides is 2. The van der Waals surface area contributed by atoms with Crippen LogP contribution in [0.25, 0.3) is 0 Å². The van der Waals surface area contributed by atoms with Crippen LogP contribution in [0.1, 0.15) is 24.4 Å². The molecule has 124 valence electrons. The zero-order valence-electron chi connectivity index (χ0n) is 13.5. The summed E-state index contributed by atoms with van der Waals surface area (Å²) in [5.41, 5.74) is 0.919. The maximum absolute atomic E-state index is 13.0. The molecule has 6 heteroatoms. The van der Waals surface area contributed by atoms with Gasteiger partial charge in [-0.05, 0) is 30.7 Å². The van der Waals surface area contributed by atoms with Gasteiger partial charge in [-0.1, -0.05) is 23.7 Å². The van der Waals surface area contributed by atoms with Crippen LogP contribution < -0.4 is 5.32 Å². The van der Waals surface area contributed by atoms with Crippen molar-refractivity contribution in [1.29, 1.82) is 0 Å². The zero-order valence-corrected chi connectivity index (χ0v) is 14.2. The molecule has 2 saturated heterocycles. The molecular weight excluding hydrogens is 314 g/mol. The average Bonchev–Trinajstić information content (AvgIpc) is 3.15. The second-order valence-corrected chi connectivity index (χ2v) is 6.85. The van der Waals surface area contributed by atoms with Crippen LogP contribution in [0, 0.1) is 5.92 Å². The molecule has 0 radical (unpaired) electrons. The quantitative estimate of drug-likeness (QED) is 0.914. The number of likely N-dealkylation sites (N-methyl/N-ethyl adjacent to an activating group) is 1. The molecule has 5 nitrogen and oxygen atoms in total. The Bertz CT molecular complexity index is 616. The Labute approximate surface area is 141 Å². The van der Waals surface area contributed by atoms with Crippen molar-refractivity contribution >= 4 is 23.4 Å². The van der Waals surface area contributed by atoms with E-state index in [1.807, 2.05) is 30.1 Å². The maximum atomic E-state index is 13.0. The van der Waals surface area contributed by atoms with Gasteiger partial charge >= 0.3 is 0 Å². The van der Waals surface area contributed by atoms with Gasteiger partial charge < -0.3 is 15.1 Å². The fourth-order valence-electron chi connectivity index (χ4n) is 3.65. The number of carbonyl (C=O) groups is 2. The van der Waals surface area contributed by atoms with Crippen molar-refractivity contribution < 1.29 is 9.59 Å². The van der Waals surface area contributed by atoms with Crippen LogP contribution in [-0.4, -0.2) is 54.8 Å². The van der Waals surface area contributed by atoms with Crippen LogP contribution in [0.2, 0.25) is 5.02 Å². The van der Waals surface area contributed by atoms with Crippen LogP contribution in [0.4, 0.5) is 0 Å². The number of carbonyl (C=O) groups excluding carboxylic acids is 2. The van der Waals surface area contributed by atoms with Gasteiger partial charge in [-0.25, -0.2) is 0 Å². The first-order valence-electron chi connectivity index (χ1n) is 7.97.